The van der Waals surface area contributed by atoms with Gasteiger partial charge in [0.1, 0.15) is 0 Å². The minimum Gasteiger partial charge on any atom is -0.381 e. The zero-order valence-corrected chi connectivity index (χ0v) is 17.7. The van der Waals surface area contributed by atoms with Gasteiger partial charge in [0.25, 0.3) is 0 Å². The van der Waals surface area contributed by atoms with Crippen LogP contribution in [0.25, 0.3) is 11.3 Å². The average molecular weight is 399 g/mol. The van der Waals surface area contributed by atoms with Crippen molar-refractivity contribution in [1.29, 1.82) is 0 Å². The first-order chi connectivity index (χ1) is 13.2. The van der Waals surface area contributed by atoms with Gasteiger partial charge in [-0.15, -0.1) is 0 Å². The highest BCUT2D eigenvalue weighted by atomic mass is 32.2. The smallest absolute Gasteiger partial charge is 0.242 e. The van der Waals surface area contributed by atoms with Crippen LogP contribution < -0.4 is 5.32 Å². The third-order valence-corrected chi connectivity index (χ3v) is 6.88. The first-order valence-electron chi connectivity index (χ1n) is 9.06. The molecule has 148 valence electrons. The van der Waals surface area contributed by atoms with Gasteiger partial charge in [0, 0.05) is 50.2 Å². The van der Waals surface area contributed by atoms with Crippen LogP contribution in [0, 0.1) is 13.8 Å². The predicted octanol–water partition coefficient (Wildman–Crippen LogP) is 3.57. The van der Waals surface area contributed by atoms with Crippen LogP contribution in [0.15, 0.2) is 53.4 Å². The van der Waals surface area contributed by atoms with Crippen LogP contribution in [0.1, 0.15) is 16.8 Å². The van der Waals surface area contributed by atoms with Crippen LogP contribution >= 0.6 is 0 Å². The van der Waals surface area contributed by atoms with E-state index < -0.39 is 10.0 Å². The zero-order chi connectivity index (χ0) is 20.5. The maximum absolute atomic E-state index is 12.6. The van der Waals surface area contributed by atoms with E-state index in [4.69, 9.17) is 0 Å². The second kappa shape index (κ2) is 7.77. The Bertz CT molecular complexity index is 1090. The highest BCUT2D eigenvalue weighted by Crippen LogP contribution is 2.27. The topological polar surface area (TPSA) is 67.2 Å². The number of sulfonamides is 1. The molecule has 2 aromatic carbocycles. The molecular formula is C21H26N4O2S. The van der Waals surface area contributed by atoms with Crippen molar-refractivity contribution in [2.75, 3.05) is 19.4 Å². The molecule has 0 saturated heterocycles. The van der Waals surface area contributed by atoms with Crippen molar-refractivity contribution < 1.29 is 8.42 Å². The van der Waals surface area contributed by atoms with Gasteiger partial charge in [-0.3, -0.25) is 4.68 Å². The number of aromatic nitrogens is 2. The molecule has 1 aromatic heterocycles. The summed E-state index contributed by atoms with van der Waals surface area (Å²) in [5.74, 6) is 0. The van der Waals surface area contributed by atoms with Crippen molar-refractivity contribution in [1.82, 2.24) is 14.1 Å². The molecule has 0 atom stereocenters. The van der Waals surface area contributed by atoms with Crippen LogP contribution in [-0.4, -0.2) is 36.6 Å². The normalized spacial score (nSPS) is 11.8. The third-order valence-electron chi connectivity index (χ3n) is 4.92. The molecule has 0 radical (unpaired) electrons. The molecule has 3 aromatic rings. The Morgan fingerprint density at radius 2 is 1.75 bits per heavy atom. The highest BCUT2D eigenvalue weighted by Gasteiger charge is 2.20. The Labute approximate surface area is 166 Å². The van der Waals surface area contributed by atoms with Crippen molar-refractivity contribution in [2.24, 2.45) is 7.05 Å². The molecular weight excluding hydrogens is 372 g/mol. The van der Waals surface area contributed by atoms with E-state index in [1.165, 1.54) is 4.31 Å². The average Bonchev–Trinajstić information content (AvgIpc) is 2.96. The first-order valence-corrected chi connectivity index (χ1v) is 10.5. The van der Waals surface area contributed by atoms with Gasteiger partial charge in [0.15, 0.2) is 0 Å². The van der Waals surface area contributed by atoms with E-state index in [9.17, 15) is 8.42 Å². The fourth-order valence-electron chi connectivity index (χ4n) is 3.07. The van der Waals surface area contributed by atoms with Crippen molar-refractivity contribution in [3.05, 3.63) is 65.4 Å². The molecule has 1 heterocycles. The Hall–Kier alpha value is -2.64. The molecule has 0 saturated carbocycles. The number of benzene rings is 2. The van der Waals surface area contributed by atoms with Gasteiger partial charge in [-0.2, -0.15) is 5.10 Å². The first kappa shape index (κ1) is 20.1. The summed E-state index contributed by atoms with van der Waals surface area (Å²) in [4.78, 5) is 0.314. The quantitative estimate of drug-likeness (QED) is 0.689. The number of nitrogens with one attached hydrogen (secondary N) is 1. The summed E-state index contributed by atoms with van der Waals surface area (Å²) >= 11 is 0. The molecule has 0 amide bonds. The number of hydrogen-bond acceptors (Lipinski definition) is 4. The van der Waals surface area contributed by atoms with E-state index >= 15 is 0 Å². The van der Waals surface area contributed by atoms with Crippen molar-refractivity contribution in [2.45, 2.75) is 25.3 Å². The maximum atomic E-state index is 12.6. The second-order valence-corrected chi connectivity index (χ2v) is 9.14. The Balaban J connectivity index is 1.92. The summed E-state index contributed by atoms with van der Waals surface area (Å²) in [6.07, 6.45) is 0. The molecule has 3 rings (SSSR count). The SMILES string of the molecule is Cc1ccc(NCc2c(-c3ccccc3)nn(C)c2C)cc1S(=O)(=O)N(C)C. The van der Waals surface area contributed by atoms with Gasteiger partial charge in [-0.1, -0.05) is 36.4 Å². The summed E-state index contributed by atoms with van der Waals surface area (Å²) in [5, 5.41) is 8.03. The number of anilines is 1. The molecule has 6 nitrogen and oxygen atoms in total. The summed E-state index contributed by atoms with van der Waals surface area (Å²) in [7, 11) is 1.52. The molecule has 0 spiro atoms. The van der Waals surface area contributed by atoms with Gasteiger partial charge >= 0.3 is 0 Å². The summed E-state index contributed by atoms with van der Waals surface area (Å²) < 4.78 is 28.2. The van der Waals surface area contributed by atoms with Gasteiger partial charge in [-0.25, -0.2) is 12.7 Å². The molecule has 0 fully saturated rings. The summed E-state index contributed by atoms with van der Waals surface area (Å²) in [6, 6.07) is 15.5. The lowest BCUT2D eigenvalue weighted by atomic mass is 10.1. The fourth-order valence-corrected chi connectivity index (χ4v) is 4.21. The molecule has 0 aliphatic carbocycles. The standard InChI is InChI=1S/C21H26N4O2S/c1-15-11-12-18(13-20(15)28(26,27)24(3)4)22-14-19-16(2)25(5)23-21(19)17-9-7-6-8-10-17/h6-13,22H,14H2,1-5H3. The summed E-state index contributed by atoms with van der Waals surface area (Å²) in [6.45, 7) is 4.39. The van der Waals surface area contributed by atoms with E-state index in [1.807, 2.05) is 61.1 Å². The molecule has 28 heavy (non-hydrogen) atoms. The lowest BCUT2D eigenvalue weighted by Gasteiger charge is -2.15. The second-order valence-electron chi connectivity index (χ2n) is 7.02. The molecule has 0 bridgehead atoms. The van der Waals surface area contributed by atoms with Crippen molar-refractivity contribution in [3.63, 3.8) is 0 Å². The molecule has 1 N–H and O–H groups in total. The van der Waals surface area contributed by atoms with Crippen molar-refractivity contribution >= 4 is 15.7 Å². The van der Waals surface area contributed by atoms with Crippen LogP contribution in [-0.2, 0) is 23.6 Å². The Kier molecular flexibility index (Phi) is 5.58. The third kappa shape index (κ3) is 3.81. The Morgan fingerprint density at radius 1 is 1.07 bits per heavy atom. The van der Waals surface area contributed by atoms with E-state index in [-0.39, 0.29) is 0 Å². The van der Waals surface area contributed by atoms with Crippen LogP contribution in [0.4, 0.5) is 5.69 Å². The monoisotopic (exact) mass is 398 g/mol. The lowest BCUT2D eigenvalue weighted by molar-refractivity contribution is 0.520. The Morgan fingerprint density at radius 3 is 2.39 bits per heavy atom. The van der Waals surface area contributed by atoms with E-state index in [0.717, 1.165) is 33.8 Å². The molecule has 0 unspecified atom stereocenters. The van der Waals surface area contributed by atoms with Crippen LogP contribution in [0.5, 0.6) is 0 Å². The van der Waals surface area contributed by atoms with Gasteiger partial charge in [0.05, 0.1) is 10.6 Å². The minimum atomic E-state index is -3.49. The van der Waals surface area contributed by atoms with Crippen LogP contribution in [0.3, 0.4) is 0 Å². The number of aryl methyl sites for hydroxylation is 2. The van der Waals surface area contributed by atoms with E-state index in [1.54, 1.807) is 27.1 Å². The van der Waals surface area contributed by atoms with E-state index in [2.05, 4.69) is 10.4 Å². The van der Waals surface area contributed by atoms with Gasteiger partial charge in [0.2, 0.25) is 10.0 Å². The molecule has 0 aliphatic heterocycles. The van der Waals surface area contributed by atoms with E-state index in [0.29, 0.717) is 11.4 Å². The lowest BCUT2D eigenvalue weighted by Crippen LogP contribution is -2.23. The van der Waals surface area contributed by atoms with Gasteiger partial charge < -0.3 is 5.32 Å². The maximum Gasteiger partial charge on any atom is 0.242 e. The number of rotatable bonds is 6. The highest BCUT2D eigenvalue weighted by molar-refractivity contribution is 7.89. The van der Waals surface area contributed by atoms with Crippen LogP contribution in [0.2, 0.25) is 0 Å². The largest absolute Gasteiger partial charge is 0.381 e. The molecule has 0 aliphatic rings. The summed E-state index contributed by atoms with van der Waals surface area (Å²) in [5.41, 5.74) is 5.63. The van der Waals surface area contributed by atoms with Gasteiger partial charge in [-0.05, 0) is 31.5 Å². The number of nitrogens with zero attached hydrogens (tertiary/aromatic N) is 3. The predicted molar refractivity (Wildman–Crippen MR) is 113 cm³/mol. The minimum absolute atomic E-state index is 0.314. The fraction of sp³-hybridized carbons (Fsp3) is 0.286. The van der Waals surface area contributed by atoms with Crippen molar-refractivity contribution in [3.8, 4) is 11.3 Å². The number of hydrogen-bond donors (Lipinski definition) is 1. The molecule has 7 heteroatoms. The zero-order valence-electron chi connectivity index (χ0n) is 16.9.